The molecule has 0 aromatic carbocycles. The molecule has 5 nitrogen and oxygen atoms in total. The van der Waals surface area contributed by atoms with Crippen LogP contribution >= 0.6 is 22.7 Å². The highest BCUT2D eigenvalue weighted by Crippen LogP contribution is 2.29. The molecule has 0 amide bonds. The summed E-state index contributed by atoms with van der Waals surface area (Å²) >= 11 is 2.53. The van der Waals surface area contributed by atoms with Crippen LogP contribution in [0.2, 0.25) is 0 Å². The lowest BCUT2D eigenvalue weighted by atomic mass is 10.5. The lowest BCUT2D eigenvalue weighted by molar-refractivity contribution is -0.140. The minimum absolute atomic E-state index is 0.178. The van der Waals surface area contributed by atoms with Crippen molar-refractivity contribution in [3.63, 3.8) is 0 Å². The SMILES string of the molecule is CN=C(NCc1nc(C(F)(F)F)cs1)NCc1ncc(C)s1. The van der Waals surface area contributed by atoms with Gasteiger partial charge in [-0.2, -0.15) is 13.2 Å². The summed E-state index contributed by atoms with van der Waals surface area (Å²) < 4.78 is 37.4. The Bertz CT molecular complexity index is 647. The number of aromatic nitrogens is 2. The zero-order chi connectivity index (χ0) is 16.2. The van der Waals surface area contributed by atoms with Gasteiger partial charge in [-0.25, -0.2) is 9.97 Å². The van der Waals surface area contributed by atoms with E-state index in [9.17, 15) is 13.2 Å². The predicted octanol–water partition coefficient (Wildman–Crippen LogP) is 2.79. The first-order valence-corrected chi connectivity index (χ1v) is 7.95. The van der Waals surface area contributed by atoms with E-state index in [1.54, 1.807) is 24.6 Å². The Morgan fingerprint density at radius 1 is 1.27 bits per heavy atom. The quantitative estimate of drug-likeness (QED) is 0.658. The van der Waals surface area contributed by atoms with Gasteiger partial charge in [0, 0.05) is 23.5 Å². The Labute approximate surface area is 133 Å². The summed E-state index contributed by atoms with van der Waals surface area (Å²) in [7, 11) is 1.59. The second-order valence-electron chi connectivity index (χ2n) is 4.27. The molecule has 0 unspecified atom stereocenters. The summed E-state index contributed by atoms with van der Waals surface area (Å²) in [5.41, 5.74) is -0.865. The Kier molecular flexibility index (Phi) is 5.35. The maximum absolute atomic E-state index is 12.5. The molecule has 0 aliphatic carbocycles. The first kappa shape index (κ1) is 16.7. The standard InChI is InChI=1S/C12H14F3N5S2/c1-7-3-17-9(22-7)4-18-11(16-2)19-5-10-20-8(6-21-10)12(13,14)15/h3,6H,4-5H2,1-2H3,(H2,16,18,19). The van der Waals surface area contributed by atoms with Crippen molar-refractivity contribution in [2.24, 2.45) is 4.99 Å². The number of aliphatic imine (C=N–C) groups is 1. The van der Waals surface area contributed by atoms with E-state index in [-0.39, 0.29) is 6.54 Å². The van der Waals surface area contributed by atoms with Crippen molar-refractivity contribution in [2.45, 2.75) is 26.2 Å². The van der Waals surface area contributed by atoms with E-state index in [4.69, 9.17) is 0 Å². The van der Waals surface area contributed by atoms with E-state index >= 15 is 0 Å². The highest BCUT2D eigenvalue weighted by Gasteiger charge is 2.33. The summed E-state index contributed by atoms with van der Waals surface area (Å²) in [5, 5.41) is 8.24. The van der Waals surface area contributed by atoms with Crippen molar-refractivity contribution in [2.75, 3.05) is 7.05 Å². The molecule has 2 N–H and O–H groups in total. The molecule has 10 heteroatoms. The summed E-state index contributed by atoms with van der Waals surface area (Å²) in [6.07, 6.45) is -2.62. The summed E-state index contributed by atoms with van der Waals surface area (Å²) in [5.74, 6) is 0.483. The number of guanidine groups is 1. The fourth-order valence-electron chi connectivity index (χ4n) is 1.54. The van der Waals surface area contributed by atoms with Crippen molar-refractivity contribution < 1.29 is 13.2 Å². The summed E-state index contributed by atoms with van der Waals surface area (Å²) in [6.45, 7) is 2.65. The maximum atomic E-state index is 12.5. The molecule has 0 bridgehead atoms. The average molecular weight is 349 g/mol. The number of rotatable bonds is 4. The van der Waals surface area contributed by atoms with Crippen LogP contribution in [0.15, 0.2) is 16.6 Å². The van der Waals surface area contributed by atoms with Crippen LogP contribution in [-0.4, -0.2) is 23.0 Å². The van der Waals surface area contributed by atoms with Crippen LogP contribution in [0.3, 0.4) is 0 Å². The minimum Gasteiger partial charge on any atom is -0.350 e. The van der Waals surface area contributed by atoms with Crippen molar-refractivity contribution in [3.8, 4) is 0 Å². The van der Waals surface area contributed by atoms with Gasteiger partial charge in [-0.05, 0) is 6.92 Å². The molecule has 2 rings (SSSR count). The van der Waals surface area contributed by atoms with Crippen molar-refractivity contribution in [3.05, 3.63) is 32.2 Å². The zero-order valence-electron chi connectivity index (χ0n) is 11.9. The smallest absolute Gasteiger partial charge is 0.350 e. The molecule has 0 aliphatic rings. The highest BCUT2D eigenvalue weighted by atomic mass is 32.1. The van der Waals surface area contributed by atoms with Gasteiger partial charge in [0.25, 0.3) is 0 Å². The predicted molar refractivity (Wildman–Crippen MR) is 81.0 cm³/mol. The van der Waals surface area contributed by atoms with Crippen LogP contribution in [0, 0.1) is 6.92 Å². The molecule has 120 valence electrons. The van der Waals surface area contributed by atoms with E-state index in [0.29, 0.717) is 17.5 Å². The van der Waals surface area contributed by atoms with Gasteiger partial charge >= 0.3 is 6.18 Å². The molecular weight excluding hydrogens is 335 g/mol. The van der Waals surface area contributed by atoms with Gasteiger partial charge in [0.1, 0.15) is 10.0 Å². The first-order chi connectivity index (χ1) is 10.4. The number of hydrogen-bond donors (Lipinski definition) is 2. The van der Waals surface area contributed by atoms with Crippen LogP contribution < -0.4 is 10.6 Å². The number of thiazole rings is 2. The number of hydrogen-bond acceptors (Lipinski definition) is 5. The number of nitrogens with one attached hydrogen (secondary N) is 2. The molecule has 0 radical (unpaired) electrons. The maximum Gasteiger partial charge on any atom is 0.434 e. The zero-order valence-corrected chi connectivity index (χ0v) is 13.5. The second kappa shape index (κ2) is 7.05. The van der Waals surface area contributed by atoms with Gasteiger partial charge in [-0.15, -0.1) is 22.7 Å². The Morgan fingerprint density at radius 2 is 1.95 bits per heavy atom. The third-order valence-electron chi connectivity index (χ3n) is 2.55. The van der Waals surface area contributed by atoms with Crippen LogP contribution in [0.1, 0.15) is 20.6 Å². The number of alkyl halides is 3. The van der Waals surface area contributed by atoms with Crippen LogP contribution in [-0.2, 0) is 19.3 Å². The van der Waals surface area contributed by atoms with E-state index < -0.39 is 11.9 Å². The monoisotopic (exact) mass is 349 g/mol. The van der Waals surface area contributed by atoms with Gasteiger partial charge < -0.3 is 10.6 Å². The fourth-order valence-corrected chi connectivity index (χ4v) is 3.01. The lowest BCUT2D eigenvalue weighted by Gasteiger charge is -2.09. The van der Waals surface area contributed by atoms with Crippen LogP contribution in [0.25, 0.3) is 0 Å². The van der Waals surface area contributed by atoms with E-state index in [0.717, 1.165) is 26.6 Å². The van der Waals surface area contributed by atoms with Crippen molar-refractivity contribution in [1.82, 2.24) is 20.6 Å². The molecule has 0 fully saturated rings. The molecule has 0 saturated heterocycles. The largest absolute Gasteiger partial charge is 0.434 e. The molecule has 2 aromatic rings. The van der Waals surface area contributed by atoms with Gasteiger partial charge in [-0.1, -0.05) is 0 Å². The molecule has 22 heavy (non-hydrogen) atoms. The van der Waals surface area contributed by atoms with Gasteiger partial charge in [-0.3, -0.25) is 4.99 Å². The van der Waals surface area contributed by atoms with Crippen LogP contribution in [0.5, 0.6) is 0 Å². The fraction of sp³-hybridized carbons (Fsp3) is 0.417. The van der Waals surface area contributed by atoms with Crippen LogP contribution in [0.4, 0.5) is 13.2 Å². The molecule has 0 atom stereocenters. The van der Waals surface area contributed by atoms with E-state index in [2.05, 4.69) is 25.6 Å². The number of halogens is 3. The molecule has 0 aliphatic heterocycles. The Balaban J connectivity index is 1.85. The van der Waals surface area contributed by atoms with Crippen molar-refractivity contribution in [1.29, 1.82) is 0 Å². The topological polar surface area (TPSA) is 62.2 Å². The minimum atomic E-state index is -4.41. The van der Waals surface area contributed by atoms with Gasteiger partial charge in [0.2, 0.25) is 0 Å². The molecular formula is C12H14F3N5S2. The normalized spacial score (nSPS) is 12.5. The van der Waals surface area contributed by atoms with Crippen molar-refractivity contribution >= 4 is 28.6 Å². The van der Waals surface area contributed by atoms with E-state index in [1.807, 2.05) is 6.92 Å². The molecule has 2 heterocycles. The third-order valence-corrected chi connectivity index (χ3v) is 4.31. The lowest BCUT2D eigenvalue weighted by Crippen LogP contribution is -2.36. The van der Waals surface area contributed by atoms with Gasteiger partial charge in [0.05, 0.1) is 13.1 Å². The number of nitrogens with zero attached hydrogens (tertiary/aromatic N) is 3. The van der Waals surface area contributed by atoms with Gasteiger partial charge in [0.15, 0.2) is 11.7 Å². The second-order valence-corrected chi connectivity index (χ2v) is 6.53. The summed E-state index contributed by atoms with van der Waals surface area (Å²) in [6, 6.07) is 0. The average Bonchev–Trinajstić information content (AvgIpc) is 3.07. The first-order valence-electron chi connectivity index (χ1n) is 6.26. The highest BCUT2D eigenvalue weighted by molar-refractivity contribution is 7.11. The molecule has 0 spiro atoms. The van der Waals surface area contributed by atoms with E-state index in [1.165, 1.54) is 0 Å². The summed E-state index contributed by atoms with van der Waals surface area (Å²) in [4.78, 5) is 12.9. The molecule has 0 saturated carbocycles. The molecule has 2 aromatic heterocycles. The number of aryl methyl sites for hydroxylation is 1. The third kappa shape index (κ3) is 4.67. The Morgan fingerprint density at radius 3 is 2.45 bits per heavy atom. The Hall–Kier alpha value is -1.68.